The predicted molar refractivity (Wildman–Crippen MR) is 86.0 cm³/mol. The largest absolute Gasteiger partial charge is 0.300 e. The highest BCUT2D eigenvalue weighted by molar-refractivity contribution is 5.78. The van der Waals surface area contributed by atoms with Gasteiger partial charge in [-0.2, -0.15) is 0 Å². The van der Waals surface area contributed by atoms with Crippen molar-refractivity contribution in [2.24, 2.45) is 0 Å². The Hall–Kier alpha value is -2.26. The van der Waals surface area contributed by atoms with Gasteiger partial charge >= 0.3 is 0 Å². The Balaban J connectivity index is 1.62. The van der Waals surface area contributed by atoms with E-state index in [1.807, 2.05) is 30.5 Å². The van der Waals surface area contributed by atoms with E-state index in [0.29, 0.717) is 0 Å². The average molecular weight is 277 g/mol. The fourth-order valence-corrected chi connectivity index (χ4v) is 2.40. The van der Waals surface area contributed by atoms with E-state index in [2.05, 4.69) is 47.3 Å². The van der Waals surface area contributed by atoms with Gasteiger partial charge < -0.3 is 4.90 Å². The average Bonchev–Trinajstić information content (AvgIpc) is 2.54. The fraction of sp³-hybridized carbons (Fsp3) is 0.222. The first-order valence-corrected chi connectivity index (χ1v) is 7.24. The van der Waals surface area contributed by atoms with Crippen molar-refractivity contribution in [3.63, 3.8) is 0 Å². The smallest absolute Gasteiger partial charge is 0.0705 e. The van der Waals surface area contributed by atoms with E-state index in [0.717, 1.165) is 36.4 Å². The van der Waals surface area contributed by atoms with Crippen molar-refractivity contribution in [2.45, 2.75) is 13.0 Å². The molecule has 0 aliphatic carbocycles. The van der Waals surface area contributed by atoms with Crippen LogP contribution in [0.3, 0.4) is 0 Å². The van der Waals surface area contributed by atoms with Gasteiger partial charge in [-0.3, -0.25) is 9.97 Å². The first kappa shape index (κ1) is 13.7. The molecule has 21 heavy (non-hydrogen) atoms. The summed E-state index contributed by atoms with van der Waals surface area (Å²) in [5.74, 6) is 0. The monoisotopic (exact) mass is 277 g/mol. The molecule has 0 fully saturated rings. The summed E-state index contributed by atoms with van der Waals surface area (Å²) in [7, 11) is 2.12. The Bertz CT molecular complexity index is 710. The van der Waals surface area contributed by atoms with Crippen molar-refractivity contribution < 1.29 is 0 Å². The number of aromatic nitrogens is 2. The molecule has 2 aromatic heterocycles. The van der Waals surface area contributed by atoms with Gasteiger partial charge in [-0.15, -0.1) is 0 Å². The van der Waals surface area contributed by atoms with Crippen LogP contribution in [0.2, 0.25) is 0 Å². The van der Waals surface area contributed by atoms with E-state index in [-0.39, 0.29) is 0 Å². The number of fused-ring (bicyclic) bond motifs is 1. The summed E-state index contributed by atoms with van der Waals surface area (Å²) in [5.41, 5.74) is 3.31. The van der Waals surface area contributed by atoms with Crippen molar-refractivity contribution in [1.29, 1.82) is 0 Å². The molecule has 0 N–H and O–H groups in total. The molecule has 2 heterocycles. The summed E-state index contributed by atoms with van der Waals surface area (Å²) in [5, 5.41) is 1.19. The van der Waals surface area contributed by atoms with Gasteiger partial charge in [0.2, 0.25) is 0 Å². The lowest BCUT2D eigenvalue weighted by molar-refractivity contribution is 0.326. The molecule has 3 aromatic rings. The fourth-order valence-electron chi connectivity index (χ4n) is 2.40. The van der Waals surface area contributed by atoms with Gasteiger partial charge in [-0.05, 0) is 31.3 Å². The minimum absolute atomic E-state index is 0.859. The molecule has 3 nitrogen and oxygen atoms in total. The second kappa shape index (κ2) is 6.46. The van der Waals surface area contributed by atoms with Crippen LogP contribution in [0.15, 0.2) is 60.8 Å². The summed E-state index contributed by atoms with van der Waals surface area (Å²) in [6.45, 7) is 1.84. The van der Waals surface area contributed by atoms with Gasteiger partial charge in [0, 0.05) is 36.8 Å². The normalized spacial score (nSPS) is 11.1. The Labute approximate surface area is 125 Å². The Kier molecular flexibility index (Phi) is 4.22. The maximum atomic E-state index is 4.71. The molecule has 0 saturated carbocycles. The second-order valence-electron chi connectivity index (χ2n) is 5.30. The molecule has 3 rings (SSSR count). The lowest BCUT2D eigenvalue weighted by Gasteiger charge is -2.16. The Morgan fingerprint density at radius 1 is 0.905 bits per heavy atom. The second-order valence-corrected chi connectivity index (χ2v) is 5.30. The number of para-hydroxylation sites is 1. The van der Waals surface area contributed by atoms with Crippen LogP contribution in [0.5, 0.6) is 0 Å². The van der Waals surface area contributed by atoms with Crippen molar-refractivity contribution >= 4 is 10.9 Å². The number of benzene rings is 1. The van der Waals surface area contributed by atoms with Gasteiger partial charge in [-0.25, -0.2) is 0 Å². The van der Waals surface area contributed by atoms with Gasteiger partial charge in [0.15, 0.2) is 0 Å². The van der Waals surface area contributed by atoms with E-state index < -0.39 is 0 Å². The molecule has 0 spiro atoms. The zero-order chi connectivity index (χ0) is 14.5. The zero-order valence-electron chi connectivity index (χ0n) is 12.2. The molecule has 0 radical (unpaired) electrons. The Morgan fingerprint density at radius 2 is 1.76 bits per heavy atom. The van der Waals surface area contributed by atoms with Crippen LogP contribution in [-0.2, 0) is 13.0 Å². The summed E-state index contributed by atoms with van der Waals surface area (Å²) in [6.07, 6.45) is 2.81. The number of nitrogens with zero attached hydrogens (tertiary/aromatic N) is 3. The van der Waals surface area contributed by atoms with Crippen LogP contribution in [0.25, 0.3) is 10.9 Å². The third kappa shape index (κ3) is 3.64. The highest BCUT2D eigenvalue weighted by Crippen LogP contribution is 2.12. The van der Waals surface area contributed by atoms with Gasteiger partial charge in [-0.1, -0.05) is 30.3 Å². The predicted octanol–water partition coefficient (Wildman–Crippen LogP) is 3.30. The molecule has 0 aliphatic heterocycles. The third-order valence-electron chi connectivity index (χ3n) is 3.56. The van der Waals surface area contributed by atoms with E-state index in [9.17, 15) is 0 Å². The molecule has 0 saturated heterocycles. The van der Waals surface area contributed by atoms with E-state index >= 15 is 0 Å². The minimum Gasteiger partial charge on any atom is -0.300 e. The number of hydrogen-bond acceptors (Lipinski definition) is 3. The molecule has 0 aliphatic rings. The molecule has 0 unspecified atom stereocenters. The maximum Gasteiger partial charge on any atom is 0.0705 e. The third-order valence-corrected chi connectivity index (χ3v) is 3.56. The Morgan fingerprint density at radius 3 is 2.62 bits per heavy atom. The van der Waals surface area contributed by atoms with Gasteiger partial charge in [0.25, 0.3) is 0 Å². The van der Waals surface area contributed by atoms with Gasteiger partial charge in [0.05, 0.1) is 11.2 Å². The number of pyridine rings is 2. The number of likely N-dealkylation sites (N-methyl/N-ethyl adjacent to an activating group) is 1. The summed E-state index contributed by atoms with van der Waals surface area (Å²) < 4.78 is 0. The van der Waals surface area contributed by atoms with Crippen molar-refractivity contribution in [2.75, 3.05) is 13.6 Å². The molecular weight excluding hydrogens is 258 g/mol. The lowest BCUT2D eigenvalue weighted by atomic mass is 10.2. The molecule has 106 valence electrons. The molecular formula is C18H19N3. The summed E-state index contributed by atoms with van der Waals surface area (Å²) in [6, 6.07) is 18.5. The van der Waals surface area contributed by atoms with E-state index in [1.54, 1.807) is 0 Å². The SMILES string of the molecule is CN(CCc1ccccn1)Cc1ccc2ccccc2n1. The van der Waals surface area contributed by atoms with Crippen LogP contribution < -0.4 is 0 Å². The molecule has 1 aromatic carbocycles. The van der Waals surface area contributed by atoms with Crippen LogP contribution in [-0.4, -0.2) is 28.5 Å². The first-order valence-electron chi connectivity index (χ1n) is 7.24. The van der Waals surface area contributed by atoms with Crippen LogP contribution in [0.1, 0.15) is 11.4 Å². The van der Waals surface area contributed by atoms with Crippen molar-refractivity contribution in [3.05, 3.63) is 72.2 Å². The van der Waals surface area contributed by atoms with Gasteiger partial charge in [0.1, 0.15) is 0 Å². The van der Waals surface area contributed by atoms with Crippen LogP contribution in [0, 0.1) is 0 Å². The van der Waals surface area contributed by atoms with Crippen molar-refractivity contribution in [1.82, 2.24) is 14.9 Å². The molecule has 0 atom stereocenters. The lowest BCUT2D eigenvalue weighted by Crippen LogP contribution is -2.21. The molecule has 3 heteroatoms. The van der Waals surface area contributed by atoms with E-state index in [1.165, 1.54) is 5.39 Å². The molecule has 0 amide bonds. The molecule has 0 bridgehead atoms. The first-order chi connectivity index (χ1) is 10.3. The highest BCUT2D eigenvalue weighted by atomic mass is 15.1. The maximum absolute atomic E-state index is 4.71. The van der Waals surface area contributed by atoms with Crippen LogP contribution >= 0.6 is 0 Å². The summed E-state index contributed by atoms with van der Waals surface area (Å²) >= 11 is 0. The van der Waals surface area contributed by atoms with E-state index in [4.69, 9.17) is 4.98 Å². The van der Waals surface area contributed by atoms with Crippen molar-refractivity contribution in [3.8, 4) is 0 Å². The quantitative estimate of drug-likeness (QED) is 0.716. The summed E-state index contributed by atoms with van der Waals surface area (Å²) in [4.78, 5) is 11.4. The number of hydrogen-bond donors (Lipinski definition) is 0. The number of rotatable bonds is 5. The highest BCUT2D eigenvalue weighted by Gasteiger charge is 2.04. The topological polar surface area (TPSA) is 29.0 Å². The van der Waals surface area contributed by atoms with Crippen LogP contribution in [0.4, 0.5) is 0 Å². The minimum atomic E-state index is 0.859. The standard InChI is InChI=1S/C18H19N3/c1-21(13-11-16-7-4-5-12-19-16)14-17-10-9-15-6-2-3-8-18(15)20-17/h2-10,12H,11,13-14H2,1H3. The zero-order valence-corrected chi connectivity index (χ0v) is 12.2.